The first-order valence-corrected chi connectivity index (χ1v) is 6.59. The maximum Gasteiger partial charge on any atom is 0.132 e. The third kappa shape index (κ3) is 2.99. The van der Waals surface area contributed by atoms with Crippen molar-refractivity contribution in [3.8, 4) is 5.75 Å². The average molecular weight is 274 g/mol. The molecular formula is C17H19FO2. The molecular weight excluding hydrogens is 255 g/mol. The second-order valence-electron chi connectivity index (χ2n) is 4.98. The SMILES string of the molecule is COc1ccc(C(O)Cc2c(C)cccc2C)c(F)c1. The predicted octanol–water partition coefficient (Wildman–Crippen LogP) is 3.73. The fourth-order valence-electron chi connectivity index (χ4n) is 2.38. The molecule has 1 unspecified atom stereocenters. The lowest BCUT2D eigenvalue weighted by molar-refractivity contribution is 0.173. The Morgan fingerprint density at radius 1 is 1.15 bits per heavy atom. The van der Waals surface area contributed by atoms with Gasteiger partial charge in [0.1, 0.15) is 11.6 Å². The minimum Gasteiger partial charge on any atom is -0.497 e. The summed E-state index contributed by atoms with van der Waals surface area (Å²) >= 11 is 0. The maximum absolute atomic E-state index is 14.0. The highest BCUT2D eigenvalue weighted by molar-refractivity contribution is 5.36. The van der Waals surface area contributed by atoms with Gasteiger partial charge in [0.25, 0.3) is 0 Å². The molecule has 0 heterocycles. The highest BCUT2D eigenvalue weighted by atomic mass is 19.1. The van der Waals surface area contributed by atoms with E-state index in [-0.39, 0.29) is 0 Å². The van der Waals surface area contributed by atoms with Gasteiger partial charge in [-0.15, -0.1) is 0 Å². The first-order chi connectivity index (χ1) is 9.52. The predicted molar refractivity (Wildman–Crippen MR) is 77.5 cm³/mol. The Hall–Kier alpha value is -1.87. The molecule has 0 aliphatic heterocycles. The number of benzene rings is 2. The van der Waals surface area contributed by atoms with Crippen LogP contribution in [-0.4, -0.2) is 12.2 Å². The molecule has 0 saturated heterocycles. The molecule has 3 heteroatoms. The molecule has 106 valence electrons. The summed E-state index contributed by atoms with van der Waals surface area (Å²) in [5, 5.41) is 10.3. The molecule has 2 nitrogen and oxygen atoms in total. The Balaban J connectivity index is 2.26. The van der Waals surface area contributed by atoms with E-state index >= 15 is 0 Å². The first-order valence-electron chi connectivity index (χ1n) is 6.59. The van der Waals surface area contributed by atoms with Gasteiger partial charge in [-0.2, -0.15) is 0 Å². The highest BCUT2D eigenvalue weighted by Gasteiger charge is 2.16. The molecule has 0 aliphatic rings. The molecule has 1 N–H and O–H groups in total. The second-order valence-corrected chi connectivity index (χ2v) is 4.98. The topological polar surface area (TPSA) is 29.5 Å². The van der Waals surface area contributed by atoms with E-state index in [1.807, 2.05) is 32.0 Å². The Morgan fingerprint density at radius 2 is 1.80 bits per heavy atom. The fraction of sp³-hybridized carbons (Fsp3) is 0.294. The molecule has 0 saturated carbocycles. The summed E-state index contributed by atoms with van der Waals surface area (Å²) in [6.45, 7) is 4.00. The van der Waals surface area contributed by atoms with E-state index in [0.717, 1.165) is 16.7 Å². The molecule has 20 heavy (non-hydrogen) atoms. The van der Waals surface area contributed by atoms with Gasteiger partial charge < -0.3 is 9.84 Å². The van der Waals surface area contributed by atoms with Crippen molar-refractivity contribution in [3.05, 3.63) is 64.5 Å². The first kappa shape index (κ1) is 14.5. The summed E-state index contributed by atoms with van der Waals surface area (Å²) in [6, 6.07) is 10.5. The van der Waals surface area contributed by atoms with Gasteiger partial charge in [0.2, 0.25) is 0 Å². The van der Waals surface area contributed by atoms with Gasteiger partial charge in [-0.1, -0.05) is 18.2 Å². The monoisotopic (exact) mass is 274 g/mol. The van der Waals surface area contributed by atoms with Crippen LogP contribution in [0, 0.1) is 19.7 Å². The van der Waals surface area contributed by atoms with Crippen molar-refractivity contribution in [2.24, 2.45) is 0 Å². The quantitative estimate of drug-likeness (QED) is 0.920. The van der Waals surface area contributed by atoms with Gasteiger partial charge in [0.05, 0.1) is 13.2 Å². The molecule has 2 rings (SSSR count). The lowest BCUT2D eigenvalue weighted by atomic mass is 9.94. The number of methoxy groups -OCH3 is 1. The van der Waals surface area contributed by atoms with Gasteiger partial charge in [-0.05, 0) is 42.7 Å². The number of hydrogen-bond acceptors (Lipinski definition) is 2. The van der Waals surface area contributed by atoms with Crippen molar-refractivity contribution in [3.63, 3.8) is 0 Å². The van der Waals surface area contributed by atoms with E-state index in [0.29, 0.717) is 17.7 Å². The van der Waals surface area contributed by atoms with E-state index < -0.39 is 11.9 Å². The van der Waals surface area contributed by atoms with Crippen molar-refractivity contribution >= 4 is 0 Å². The van der Waals surface area contributed by atoms with Crippen LogP contribution in [0.4, 0.5) is 4.39 Å². The summed E-state index contributed by atoms with van der Waals surface area (Å²) in [4.78, 5) is 0. The van der Waals surface area contributed by atoms with E-state index in [2.05, 4.69) is 0 Å². The molecule has 0 radical (unpaired) electrons. The van der Waals surface area contributed by atoms with Crippen molar-refractivity contribution in [2.45, 2.75) is 26.4 Å². The van der Waals surface area contributed by atoms with Crippen LogP contribution >= 0.6 is 0 Å². The van der Waals surface area contributed by atoms with Crippen molar-refractivity contribution in [2.75, 3.05) is 7.11 Å². The molecule has 2 aromatic carbocycles. The Labute approximate surface area is 118 Å². The standard InChI is InChI=1S/C17H19FO2/c1-11-5-4-6-12(2)15(11)10-17(19)14-8-7-13(20-3)9-16(14)18/h4-9,17,19H,10H2,1-3H3. The minimum atomic E-state index is -0.860. The Kier molecular flexibility index (Phi) is 4.40. The number of aryl methyl sites for hydroxylation is 2. The van der Waals surface area contributed by atoms with Gasteiger partial charge in [0, 0.05) is 18.1 Å². The van der Waals surface area contributed by atoms with Crippen molar-refractivity contribution < 1.29 is 14.2 Å². The third-order valence-electron chi connectivity index (χ3n) is 3.61. The molecule has 2 aromatic rings. The van der Waals surface area contributed by atoms with Gasteiger partial charge >= 0.3 is 0 Å². The van der Waals surface area contributed by atoms with Crippen LogP contribution in [0.1, 0.15) is 28.4 Å². The summed E-state index contributed by atoms with van der Waals surface area (Å²) in [5.74, 6) is 0.00797. The molecule has 1 atom stereocenters. The fourth-order valence-corrected chi connectivity index (χ4v) is 2.38. The lowest BCUT2D eigenvalue weighted by Crippen LogP contribution is -2.07. The number of aliphatic hydroxyl groups excluding tert-OH is 1. The van der Waals surface area contributed by atoms with Gasteiger partial charge in [-0.3, -0.25) is 0 Å². The second kappa shape index (κ2) is 6.06. The van der Waals surface area contributed by atoms with E-state index in [4.69, 9.17) is 4.74 Å². The van der Waals surface area contributed by atoms with Crippen molar-refractivity contribution in [1.82, 2.24) is 0 Å². The molecule has 0 bridgehead atoms. The average Bonchev–Trinajstić information content (AvgIpc) is 2.42. The Bertz CT molecular complexity index is 588. The normalized spacial score (nSPS) is 12.2. The third-order valence-corrected chi connectivity index (χ3v) is 3.61. The summed E-state index contributed by atoms with van der Waals surface area (Å²) in [7, 11) is 1.49. The molecule has 0 spiro atoms. The van der Waals surface area contributed by atoms with E-state index in [1.165, 1.54) is 13.2 Å². The van der Waals surface area contributed by atoms with Crippen LogP contribution in [-0.2, 0) is 6.42 Å². The number of hydrogen-bond donors (Lipinski definition) is 1. The zero-order valence-electron chi connectivity index (χ0n) is 12.0. The lowest BCUT2D eigenvalue weighted by Gasteiger charge is -2.16. The Morgan fingerprint density at radius 3 is 2.35 bits per heavy atom. The van der Waals surface area contributed by atoms with Gasteiger partial charge in [0.15, 0.2) is 0 Å². The van der Waals surface area contributed by atoms with Crippen LogP contribution in [0.2, 0.25) is 0 Å². The molecule has 0 aromatic heterocycles. The maximum atomic E-state index is 14.0. The number of ether oxygens (including phenoxy) is 1. The largest absolute Gasteiger partial charge is 0.497 e. The van der Waals surface area contributed by atoms with E-state index in [1.54, 1.807) is 12.1 Å². The van der Waals surface area contributed by atoms with Crippen LogP contribution in [0.5, 0.6) is 5.75 Å². The van der Waals surface area contributed by atoms with Crippen LogP contribution in [0.25, 0.3) is 0 Å². The summed E-state index contributed by atoms with van der Waals surface area (Å²) in [6.07, 6.45) is -0.456. The highest BCUT2D eigenvalue weighted by Crippen LogP contribution is 2.26. The van der Waals surface area contributed by atoms with Crippen LogP contribution in [0.15, 0.2) is 36.4 Å². The summed E-state index contributed by atoms with van der Waals surface area (Å²) in [5.41, 5.74) is 3.58. The minimum absolute atomic E-state index is 0.299. The van der Waals surface area contributed by atoms with Gasteiger partial charge in [-0.25, -0.2) is 4.39 Å². The van der Waals surface area contributed by atoms with E-state index in [9.17, 15) is 9.50 Å². The zero-order valence-corrected chi connectivity index (χ0v) is 12.0. The smallest absolute Gasteiger partial charge is 0.132 e. The van der Waals surface area contributed by atoms with Crippen LogP contribution in [0.3, 0.4) is 0 Å². The zero-order chi connectivity index (χ0) is 14.7. The number of aliphatic hydroxyl groups is 1. The number of rotatable bonds is 4. The number of halogens is 1. The molecule has 0 aliphatic carbocycles. The van der Waals surface area contributed by atoms with Crippen molar-refractivity contribution in [1.29, 1.82) is 0 Å². The summed E-state index contributed by atoms with van der Waals surface area (Å²) < 4.78 is 18.9. The molecule has 0 amide bonds. The van der Waals surface area contributed by atoms with Crippen LogP contribution < -0.4 is 4.74 Å². The molecule has 0 fully saturated rings.